The maximum absolute atomic E-state index is 5.27. The zero-order valence-corrected chi connectivity index (χ0v) is 31.1. The molecular formula is C52H33N3S. The first-order chi connectivity index (χ1) is 27.8. The van der Waals surface area contributed by atoms with E-state index in [-0.39, 0.29) is 0 Å². The number of aromatic nitrogens is 3. The Morgan fingerprint density at radius 3 is 1.79 bits per heavy atom. The molecule has 3 nitrogen and oxygen atoms in total. The summed E-state index contributed by atoms with van der Waals surface area (Å²) in [5.74, 6) is 0.708. The van der Waals surface area contributed by atoms with Gasteiger partial charge in [-0.15, -0.1) is 11.3 Å². The molecule has 3 heterocycles. The van der Waals surface area contributed by atoms with Crippen LogP contribution in [0.1, 0.15) is 0 Å². The Morgan fingerprint density at radius 1 is 0.375 bits per heavy atom. The highest BCUT2D eigenvalue weighted by Crippen LogP contribution is 2.45. The second kappa shape index (κ2) is 13.3. The predicted octanol–water partition coefficient (Wildman–Crippen LogP) is 14.3. The van der Waals surface area contributed by atoms with Crippen LogP contribution in [0, 0.1) is 0 Å². The predicted molar refractivity (Wildman–Crippen MR) is 236 cm³/mol. The highest BCUT2D eigenvalue weighted by Gasteiger charge is 2.21. The summed E-state index contributed by atoms with van der Waals surface area (Å²) < 4.78 is 5.03. The third kappa shape index (κ3) is 5.42. The second-order valence-corrected chi connectivity index (χ2v) is 15.2. The summed E-state index contributed by atoms with van der Waals surface area (Å²) in [5.41, 5.74) is 13.2. The average molecular weight is 732 g/mol. The van der Waals surface area contributed by atoms with Crippen LogP contribution in [0.2, 0.25) is 0 Å². The van der Waals surface area contributed by atoms with E-state index in [0.29, 0.717) is 5.82 Å². The van der Waals surface area contributed by atoms with Crippen molar-refractivity contribution in [2.24, 2.45) is 0 Å². The van der Waals surface area contributed by atoms with Crippen LogP contribution in [0.3, 0.4) is 0 Å². The summed E-state index contributed by atoms with van der Waals surface area (Å²) in [7, 11) is 0. The molecule has 11 aromatic rings. The number of hydrogen-bond acceptors (Lipinski definition) is 3. The van der Waals surface area contributed by atoms with Gasteiger partial charge in [0.05, 0.1) is 22.4 Å². The van der Waals surface area contributed by atoms with Crippen molar-refractivity contribution in [3.8, 4) is 61.8 Å². The molecule has 11 rings (SSSR count). The van der Waals surface area contributed by atoms with E-state index in [1.807, 2.05) is 35.6 Å². The number of para-hydroxylation sites is 1. The van der Waals surface area contributed by atoms with Crippen LogP contribution in [0.15, 0.2) is 200 Å². The molecule has 0 unspecified atom stereocenters. The molecule has 4 heteroatoms. The SMILES string of the molecule is c1ccc(-c2cccc(-c3cc(-n4c5ccccc5c5c(-c6cc(-c7ccccc7)nc(-c7ccccc7)n6)cccc54)cc4c3sc3ccccc34)c2)cc1. The molecule has 0 fully saturated rings. The smallest absolute Gasteiger partial charge is 0.160 e. The Morgan fingerprint density at radius 2 is 0.982 bits per heavy atom. The van der Waals surface area contributed by atoms with Crippen molar-refractivity contribution < 1.29 is 0 Å². The van der Waals surface area contributed by atoms with E-state index in [9.17, 15) is 0 Å². The average Bonchev–Trinajstić information content (AvgIpc) is 3.83. The topological polar surface area (TPSA) is 30.7 Å². The molecule has 0 spiro atoms. The molecule has 3 aromatic heterocycles. The largest absolute Gasteiger partial charge is 0.309 e. The molecule has 0 radical (unpaired) electrons. The number of hydrogen-bond donors (Lipinski definition) is 0. The minimum Gasteiger partial charge on any atom is -0.309 e. The number of nitrogens with zero attached hydrogens (tertiary/aromatic N) is 3. The third-order valence-electron chi connectivity index (χ3n) is 10.8. The minimum absolute atomic E-state index is 0.708. The lowest BCUT2D eigenvalue weighted by Gasteiger charge is -2.14. The number of fused-ring (bicyclic) bond motifs is 6. The highest BCUT2D eigenvalue weighted by molar-refractivity contribution is 7.26. The summed E-state index contributed by atoms with van der Waals surface area (Å²) in [6, 6.07) is 71.5. The van der Waals surface area contributed by atoms with E-state index in [2.05, 4.69) is 180 Å². The molecule has 56 heavy (non-hydrogen) atoms. The van der Waals surface area contributed by atoms with Gasteiger partial charge in [0.1, 0.15) is 0 Å². The van der Waals surface area contributed by atoms with E-state index in [1.165, 1.54) is 53.2 Å². The van der Waals surface area contributed by atoms with Gasteiger partial charge in [-0.25, -0.2) is 9.97 Å². The van der Waals surface area contributed by atoms with Crippen molar-refractivity contribution in [1.29, 1.82) is 0 Å². The lowest BCUT2D eigenvalue weighted by atomic mass is 9.97. The van der Waals surface area contributed by atoms with Crippen LogP contribution in [0.25, 0.3) is 104 Å². The molecule has 0 amide bonds. The lowest BCUT2D eigenvalue weighted by molar-refractivity contribution is 1.18. The Kier molecular flexibility index (Phi) is 7.68. The molecule has 0 atom stereocenters. The maximum atomic E-state index is 5.27. The van der Waals surface area contributed by atoms with Gasteiger partial charge >= 0.3 is 0 Å². The van der Waals surface area contributed by atoms with Crippen molar-refractivity contribution in [3.05, 3.63) is 200 Å². The first kappa shape index (κ1) is 32.3. The van der Waals surface area contributed by atoms with Gasteiger partial charge < -0.3 is 4.57 Å². The van der Waals surface area contributed by atoms with E-state index in [0.717, 1.165) is 44.8 Å². The van der Waals surface area contributed by atoms with E-state index >= 15 is 0 Å². The van der Waals surface area contributed by atoms with Crippen molar-refractivity contribution in [1.82, 2.24) is 14.5 Å². The van der Waals surface area contributed by atoms with Gasteiger partial charge in [0, 0.05) is 58.9 Å². The Labute approximate surface area is 328 Å². The van der Waals surface area contributed by atoms with Gasteiger partial charge in [0.15, 0.2) is 5.82 Å². The molecule has 0 aliphatic rings. The first-order valence-corrected chi connectivity index (χ1v) is 19.7. The summed E-state index contributed by atoms with van der Waals surface area (Å²) in [4.78, 5) is 10.4. The van der Waals surface area contributed by atoms with Gasteiger partial charge in [0.25, 0.3) is 0 Å². The molecule has 0 aliphatic heterocycles. The lowest BCUT2D eigenvalue weighted by Crippen LogP contribution is -1.97. The monoisotopic (exact) mass is 731 g/mol. The highest BCUT2D eigenvalue weighted by atomic mass is 32.1. The molecule has 0 N–H and O–H groups in total. The Hall–Kier alpha value is -7.14. The first-order valence-electron chi connectivity index (χ1n) is 18.9. The van der Waals surface area contributed by atoms with E-state index in [4.69, 9.17) is 9.97 Å². The third-order valence-corrected chi connectivity index (χ3v) is 12.0. The van der Waals surface area contributed by atoms with Gasteiger partial charge in [-0.05, 0) is 59.2 Å². The summed E-state index contributed by atoms with van der Waals surface area (Å²) in [6.07, 6.45) is 0. The van der Waals surface area contributed by atoms with E-state index < -0.39 is 0 Å². The second-order valence-electron chi connectivity index (χ2n) is 14.2. The van der Waals surface area contributed by atoms with Crippen LogP contribution < -0.4 is 0 Å². The quantitative estimate of drug-likeness (QED) is 0.170. The van der Waals surface area contributed by atoms with Gasteiger partial charge in [-0.3, -0.25) is 0 Å². The number of rotatable bonds is 6. The Balaban J connectivity index is 1.18. The van der Waals surface area contributed by atoms with Crippen molar-refractivity contribution in [3.63, 3.8) is 0 Å². The summed E-state index contributed by atoms with van der Waals surface area (Å²) in [5, 5.41) is 4.89. The molecule has 0 saturated heterocycles. The standard InChI is InChI=1S/C52H33N3S/c1-4-16-34(17-5-1)37-22-14-23-38(30-37)43-31-39(32-44-40-24-11-13-29-49(40)56-51(43)44)55-47-27-12-10-25-42(47)50-41(26-15-28-48(50)55)46-33-45(35-18-6-2-7-19-35)53-52(54-46)36-20-8-3-9-21-36/h1-33H. The fourth-order valence-electron chi connectivity index (χ4n) is 8.22. The van der Waals surface area contributed by atoms with Crippen molar-refractivity contribution in [2.75, 3.05) is 0 Å². The van der Waals surface area contributed by atoms with E-state index in [1.54, 1.807) is 0 Å². The number of benzene rings is 8. The fraction of sp³-hybridized carbons (Fsp3) is 0. The Bertz CT molecular complexity index is 3180. The zero-order chi connectivity index (χ0) is 37.0. The van der Waals surface area contributed by atoms with Gasteiger partial charge in [-0.1, -0.05) is 158 Å². The molecule has 0 saturated carbocycles. The zero-order valence-electron chi connectivity index (χ0n) is 30.3. The van der Waals surface area contributed by atoms with Crippen molar-refractivity contribution in [2.45, 2.75) is 0 Å². The van der Waals surface area contributed by atoms with Gasteiger partial charge in [0.2, 0.25) is 0 Å². The van der Waals surface area contributed by atoms with Crippen LogP contribution in [-0.4, -0.2) is 14.5 Å². The van der Waals surface area contributed by atoms with Crippen LogP contribution in [0.4, 0.5) is 0 Å². The van der Waals surface area contributed by atoms with Gasteiger partial charge in [-0.2, -0.15) is 0 Å². The maximum Gasteiger partial charge on any atom is 0.160 e. The summed E-state index contributed by atoms with van der Waals surface area (Å²) in [6.45, 7) is 0. The minimum atomic E-state index is 0.708. The van der Waals surface area contributed by atoms with Crippen LogP contribution in [-0.2, 0) is 0 Å². The normalized spacial score (nSPS) is 11.6. The molecule has 0 aliphatic carbocycles. The van der Waals surface area contributed by atoms with Crippen LogP contribution >= 0.6 is 11.3 Å². The number of thiophene rings is 1. The fourth-order valence-corrected chi connectivity index (χ4v) is 9.44. The van der Waals surface area contributed by atoms with Crippen LogP contribution in [0.5, 0.6) is 0 Å². The van der Waals surface area contributed by atoms with Crippen molar-refractivity contribution >= 4 is 53.3 Å². The summed E-state index contributed by atoms with van der Waals surface area (Å²) >= 11 is 1.87. The molecule has 262 valence electrons. The molecule has 0 bridgehead atoms. The molecular weight excluding hydrogens is 699 g/mol. The molecule has 8 aromatic carbocycles.